The smallest absolute Gasteiger partial charge is 0.220 e. The molecule has 0 bridgehead atoms. The summed E-state index contributed by atoms with van der Waals surface area (Å²) in [5, 5.41) is 5.84. The Kier molecular flexibility index (Phi) is 10.5. The Morgan fingerprint density at radius 1 is 1.33 bits per heavy atom. The lowest BCUT2D eigenvalue weighted by Gasteiger charge is -2.05. The predicted octanol–water partition coefficient (Wildman–Crippen LogP) is 2.69. The highest BCUT2D eigenvalue weighted by Gasteiger charge is 2.03. The van der Waals surface area contributed by atoms with Crippen molar-refractivity contribution in [1.82, 2.24) is 10.6 Å². The van der Waals surface area contributed by atoms with Crippen LogP contribution in [0.5, 0.6) is 0 Å². The SMILES string of the molecule is CNCCNC(=O)CCSc1ccccc1Br.Cl. The molecule has 0 aliphatic rings. The number of nitrogens with one attached hydrogen (secondary N) is 2. The molecule has 102 valence electrons. The Hall–Kier alpha value is -0.230. The predicted molar refractivity (Wildman–Crippen MR) is 83.7 cm³/mol. The van der Waals surface area contributed by atoms with E-state index in [9.17, 15) is 4.79 Å². The molecule has 6 heteroatoms. The summed E-state index contributed by atoms with van der Waals surface area (Å²) in [5.74, 6) is 0.911. The second kappa shape index (κ2) is 10.7. The zero-order valence-corrected chi connectivity index (χ0v) is 13.5. The molecular weight excluding hydrogens is 336 g/mol. The molecule has 0 saturated carbocycles. The molecule has 0 spiro atoms. The van der Waals surface area contributed by atoms with Crippen molar-refractivity contribution in [3.63, 3.8) is 0 Å². The van der Waals surface area contributed by atoms with E-state index in [1.165, 1.54) is 4.90 Å². The number of likely N-dealkylation sites (N-methyl/N-ethyl adjacent to an activating group) is 1. The molecular formula is C12H18BrClN2OS. The molecule has 18 heavy (non-hydrogen) atoms. The largest absolute Gasteiger partial charge is 0.355 e. The number of halogens is 2. The van der Waals surface area contributed by atoms with Gasteiger partial charge in [0.15, 0.2) is 0 Å². The van der Waals surface area contributed by atoms with Gasteiger partial charge in [-0.15, -0.1) is 24.2 Å². The summed E-state index contributed by atoms with van der Waals surface area (Å²) >= 11 is 5.18. The molecule has 2 N–H and O–H groups in total. The van der Waals surface area contributed by atoms with Gasteiger partial charge in [0, 0.05) is 34.6 Å². The topological polar surface area (TPSA) is 41.1 Å². The number of hydrogen-bond donors (Lipinski definition) is 2. The average molecular weight is 354 g/mol. The highest BCUT2D eigenvalue weighted by molar-refractivity contribution is 9.10. The van der Waals surface area contributed by atoms with Gasteiger partial charge in [-0.05, 0) is 35.1 Å². The van der Waals surface area contributed by atoms with E-state index in [0.717, 1.165) is 16.8 Å². The van der Waals surface area contributed by atoms with E-state index in [1.807, 2.05) is 31.3 Å². The molecule has 0 fully saturated rings. The Balaban J connectivity index is 0.00000289. The van der Waals surface area contributed by atoms with Gasteiger partial charge < -0.3 is 10.6 Å². The Morgan fingerprint density at radius 3 is 2.72 bits per heavy atom. The second-order valence-electron chi connectivity index (χ2n) is 3.48. The zero-order valence-electron chi connectivity index (χ0n) is 10.2. The van der Waals surface area contributed by atoms with Crippen LogP contribution in [0.2, 0.25) is 0 Å². The lowest BCUT2D eigenvalue weighted by molar-refractivity contribution is -0.120. The zero-order chi connectivity index (χ0) is 12.5. The number of thioether (sulfide) groups is 1. The van der Waals surface area contributed by atoms with E-state index >= 15 is 0 Å². The maximum atomic E-state index is 11.4. The van der Waals surface area contributed by atoms with E-state index in [-0.39, 0.29) is 18.3 Å². The van der Waals surface area contributed by atoms with E-state index in [4.69, 9.17) is 0 Å². The highest BCUT2D eigenvalue weighted by atomic mass is 79.9. The molecule has 0 aromatic heterocycles. The molecule has 0 atom stereocenters. The quantitative estimate of drug-likeness (QED) is 0.585. The fourth-order valence-corrected chi connectivity index (χ4v) is 2.75. The number of hydrogen-bond acceptors (Lipinski definition) is 3. The standard InChI is InChI=1S/C12H17BrN2OS.ClH/c1-14-7-8-15-12(16)6-9-17-11-5-3-2-4-10(11)13;/h2-5,14H,6-9H2,1H3,(H,15,16);1H. The number of rotatable bonds is 7. The molecule has 0 saturated heterocycles. The van der Waals surface area contributed by atoms with Crippen molar-refractivity contribution in [2.24, 2.45) is 0 Å². The van der Waals surface area contributed by atoms with Crippen molar-refractivity contribution in [1.29, 1.82) is 0 Å². The maximum absolute atomic E-state index is 11.4. The third kappa shape index (κ3) is 7.26. The molecule has 3 nitrogen and oxygen atoms in total. The monoisotopic (exact) mass is 352 g/mol. The highest BCUT2D eigenvalue weighted by Crippen LogP contribution is 2.27. The van der Waals surface area contributed by atoms with Crippen molar-refractivity contribution in [2.75, 3.05) is 25.9 Å². The molecule has 0 heterocycles. The molecule has 0 radical (unpaired) electrons. The minimum Gasteiger partial charge on any atom is -0.355 e. The van der Waals surface area contributed by atoms with Gasteiger partial charge >= 0.3 is 0 Å². The van der Waals surface area contributed by atoms with Crippen LogP contribution in [0.3, 0.4) is 0 Å². The van der Waals surface area contributed by atoms with Gasteiger partial charge in [-0.2, -0.15) is 0 Å². The van der Waals surface area contributed by atoms with Crippen LogP contribution in [-0.2, 0) is 4.79 Å². The van der Waals surface area contributed by atoms with Crippen LogP contribution in [-0.4, -0.2) is 31.8 Å². The van der Waals surface area contributed by atoms with Gasteiger partial charge in [0.2, 0.25) is 5.91 Å². The normalized spacial score (nSPS) is 9.67. The van der Waals surface area contributed by atoms with Gasteiger partial charge in [0.05, 0.1) is 0 Å². The van der Waals surface area contributed by atoms with Crippen molar-refractivity contribution in [3.8, 4) is 0 Å². The van der Waals surface area contributed by atoms with Crippen LogP contribution in [0.4, 0.5) is 0 Å². The maximum Gasteiger partial charge on any atom is 0.220 e. The van der Waals surface area contributed by atoms with E-state index in [2.05, 4.69) is 26.6 Å². The molecule has 0 aliphatic heterocycles. The summed E-state index contributed by atoms with van der Waals surface area (Å²) in [6, 6.07) is 8.04. The first-order valence-electron chi connectivity index (χ1n) is 5.52. The fraction of sp³-hybridized carbons (Fsp3) is 0.417. The molecule has 1 amide bonds. The summed E-state index contributed by atoms with van der Waals surface area (Å²) in [7, 11) is 1.87. The number of carbonyl (C=O) groups excluding carboxylic acids is 1. The third-order valence-corrected chi connectivity index (χ3v) is 4.15. The van der Waals surface area contributed by atoms with Crippen LogP contribution >= 0.6 is 40.1 Å². The molecule has 1 rings (SSSR count). The summed E-state index contributed by atoms with van der Waals surface area (Å²) in [6.07, 6.45) is 0.551. The minimum absolute atomic E-state index is 0. The van der Waals surface area contributed by atoms with Crippen LogP contribution in [0, 0.1) is 0 Å². The summed E-state index contributed by atoms with van der Waals surface area (Å²) in [5.41, 5.74) is 0. The number of amides is 1. The van der Waals surface area contributed by atoms with Crippen LogP contribution < -0.4 is 10.6 Å². The second-order valence-corrected chi connectivity index (χ2v) is 5.47. The Morgan fingerprint density at radius 2 is 2.06 bits per heavy atom. The lowest BCUT2D eigenvalue weighted by Crippen LogP contribution is -2.30. The third-order valence-electron chi connectivity index (χ3n) is 2.12. The molecule has 0 aliphatic carbocycles. The van der Waals surface area contributed by atoms with Crippen LogP contribution in [0.1, 0.15) is 6.42 Å². The van der Waals surface area contributed by atoms with E-state index in [0.29, 0.717) is 13.0 Å². The first-order chi connectivity index (χ1) is 8.24. The average Bonchev–Trinajstić information content (AvgIpc) is 2.32. The van der Waals surface area contributed by atoms with Gasteiger partial charge in [0.25, 0.3) is 0 Å². The van der Waals surface area contributed by atoms with Gasteiger partial charge in [0.1, 0.15) is 0 Å². The fourth-order valence-electron chi connectivity index (χ4n) is 1.23. The number of benzene rings is 1. The first-order valence-corrected chi connectivity index (χ1v) is 7.30. The minimum atomic E-state index is 0. The van der Waals surface area contributed by atoms with E-state index in [1.54, 1.807) is 11.8 Å². The Bertz CT molecular complexity index is 366. The summed E-state index contributed by atoms with van der Waals surface area (Å²) in [4.78, 5) is 12.6. The summed E-state index contributed by atoms with van der Waals surface area (Å²) < 4.78 is 1.08. The van der Waals surface area contributed by atoms with Crippen molar-refractivity contribution in [3.05, 3.63) is 28.7 Å². The van der Waals surface area contributed by atoms with Crippen molar-refractivity contribution >= 4 is 46.0 Å². The Labute approximate surface area is 127 Å². The van der Waals surface area contributed by atoms with Gasteiger partial charge in [-0.25, -0.2) is 0 Å². The van der Waals surface area contributed by atoms with Crippen molar-refractivity contribution < 1.29 is 4.79 Å². The molecule has 1 aromatic carbocycles. The molecule has 0 unspecified atom stereocenters. The van der Waals surface area contributed by atoms with Crippen molar-refractivity contribution in [2.45, 2.75) is 11.3 Å². The van der Waals surface area contributed by atoms with Crippen LogP contribution in [0.15, 0.2) is 33.6 Å². The van der Waals surface area contributed by atoms with Gasteiger partial charge in [-0.1, -0.05) is 12.1 Å². The van der Waals surface area contributed by atoms with Crippen LogP contribution in [0.25, 0.3) is 0 Å². The molecule has 1 aromatic rings. The van der Waals surface area contributed by atoms with Gasteiger partial charge in [-0.3, -0.25) is 4.79 Å². The first kappa shape index (κ1) is 17.8. The summed E-state index contributed by atoms with van der Waals surface area (Å²) in [6.45, 7) is 1.50. The number of carbonyl (C=O) groups is 1. The lowest BCUT2D eigenvalue weighted by atomic mass is 10.4. The van der Waals surface area contributed by atoms with E-state index < -0.39 is 0 Å².